The van der Waals surface area contributed by atoms with Gasteiger partial charge in [-0.05, 0) is 41.0 Å². The number of allylic oxidation sites excluding steroid dienone is 1. The van der Waals surface area contributed by atoms with Gasteiger partial charge in [0.2, 0.25) is 0 Å². The minimum Gasteiger partial charge on any atom is -0.306 e. The number of halogens is 1. The summed E-state index contributed by atoms with van der Waals surface area (Å²) in [5, 5.41) is 0. The minimum atomic E-state index is 0.555. The second-order valence-electron chi connectivity index (χ2n) is 6.03. The van der Waals surface area contributed by atoms with Gasteiger partial charge in [0.25, 0.3) is 0 Å². The van der Waals surface area contributed by atoms with E-state index in [-0.39, 0.29) is 0 Å². The number of benzene rings is 3. The van der Waals surface area contributed by atoms with E-state index < -0.39 is 0 Å². The van der Waals surface area contributed by atoms with Crippen molar-refractivity contribution in [3.05, 3.63) is 125 Å². The molecule has 0 bridgehead atoms. The Balaban J connectivity index is 0.000000167. The molecule has 4 rings (SSSR count). The molecule has 3 aromatic carbocycles. The Morgan fingerprint density at radius 3 is 1.89 bits per heavy atom. The molecule has 0 fully saturated rings. The predicted molar refractivity (Wildman–Crippen MR) is 122 cm³/mol. The van der Waals surface area contributed by atoms with Gasteiger partial charge in [-0.2, -0.15) is 0 Å². The first-order chi connectivity index (χ1) is 13.8. The van der Waals surface area contributed by atoms with E-state index >= 15 is 0 Å². The summed E-state index contributed by atoms with van der Waals surface area (Å²) < 4.78 is 3.05. The number of imidazole rings is 1. The Bertz CT molecular complexity index is 938. The van der Waals surface area contributed by atoms with Crippen LogP contribution in [0.25, 0.3) is 11.3 Å². The van der Waals surface area contributed by atoms with E-state index in [2.05, 4.69) is 51.3 Å². The van der Waals surface area contributed by atoms with Crippen molar-refractivity contribution in [3.8, 4) is 5.69 Å². The third-order valence-corrected chi connectivity index (χ3v) is 4.65. The van der Waals surface area contributed by atoms with Gasteiger partial charge < -0.3 is 4.57 Å². The molecule has 1 heterocycles. The molecule has 1 aromatic heterocycles. The highest BCUT2D eigenvalue weighted by atomic mass is 79.9. The highest BCUT2D eigenvalue weighted by Gasteiger charge is 2.02. The van der Waals surface area contributed by atoms with Gasteiger partial charge in [-0.3, -0.25) is 0 Å². The topological polar surface area (TPSA) is 17.8 Å². The SMILES string of the molecule is Brc1ccc(-n2ccnc2)cc1.[B]CC=C(c1ccccc1)c1ccccc1. The van der Waals surface area contributed by atoms with Crippen LogP contribution in [-0.2, 0) is 0 Å². The zero-order chi connectivity index (χ0) is 19.6. The van der Waals surface area contributed by atoms with Crippen LogP contribution >= 0.6 is 15.9 Å². The van der Waals surface area contributed by atoms with Crippen LogP contribution in [0.1, 0.15) is 11.1 Å². The summed E-state index contributed by atoms with van der Waals surface area (Å²) in [6.07, 6.45) is 8.08. The predicted octanol–water partition coefficient (Wildman–Crippen LogP) is 6.34. The maximum absolute atomic E-state index is 5.63. The molecule has 2 radical (unpaired) electrons. The number of nitrogens with zero attached hydrogens (tertiary/aromatic N) is 2. The van der Waals surface area contributed by atoms with Crippen molar-refractivity contribution in [3.63, 3.8) is 0 Å². The van der Waals surface area contributed by atoms with Crippen LogP contribution < -0.4 is 0 Å². The average molecular weight is 427 g/mol. The van der Waals surface area contributed by atoms with Crippen LogP contribution in [0.3, 0.4) is 0 Å². The van der Waals surface area contributed by atoms with Crippen molar-refractivity contribution >= 4 is 29.3 Å². The Hall–Kier alpha value is -2.85. The van der Waals surface area contributed by atoms with Gasteiger partial charge >= 0.3 is 0 Å². The zero-order valence-electron chi connectivity index (χ0n) is 15.4. The third-order valence-electron chi connectivity index (χ3n) is 4.12. The fourth-order valence-electron chi connectivity index (χ4n) is 2.78. The van der Waals surface area contributed by atoms with Crippen LogP contribution in [0.4, 0.5) is 0 Å². The lowest BCUT2D eigenvalue weighted by molar-refractivity contribution is 1.06. The first-order valence-corrected chi connectivity index (χ1v) is 9.82. The average Bonchev–Trinajstić information content (AvgIpc) is 3.29. The molecule has 0 aliphatic rings. The van der Waals surface area contributed by atoms with Crippen molar-refractivity contribution in [1.82, 2.24) is 9.55 Å². The maximum Gasteiger partial charge on any atom is 0.0991 e. The van der Waals surface area contributed by atoms with E-state index in [0.29, 0.717) is 6.32 Å². The van der Waals surface area contributed by atoms with Crippen LogP contribution in [0.15, 0.2) is 114 Å². The maximum atomic E-state index is 5.63. The molecule has 0 amide bonds. The fourth-order valence-corrected chi connectivity index (χ4v) is 3.05. The molecule has 0 spiro atoms. The van der Waals surface area contributed by atoms with Gasteiger partial charge in [-0.25, -0.2) is 4.98 Å². The molecule has 2 nitrogen and oxygen atoms in total. The van der Waals surface area contributed by atoms with Crippen molar-refractivity contribution in [2.24, 2.45) is 0 Å². The molecule has 0 aliphatic heterocycles. The van der Waals surface area contributed by atoms with E-state index in [4.69, 9.17) is 7.85 Å². The number of hydrogen-bond acceptors (Lipinski definition) is 1. The summed E-state index contributed by atoms with van der Waals surface area (Å²) in [7, 11) is 5.63. The smallest absolute Gasteiger partial charge is 0.0991 e. The van der Waals surface area contributed by atoms with Gasteiger partial charge in [0, 0.05) is 22.6 Å². The van der Waals surface area contributed by atoms with Gasteiger partial charge in [0.15, 0.2) is 0 Å². The van der Waals surface area contributed by atoms with Crippen LogP contribution in [0.2, 0.25) is 6.32 Å². The Kier molecular flexibility index (Phi) is 7.45. The number of aromatic nitrogens is 2. The molecule has 4 aromatic rings. The van der Waals surface area contributed by atoms with Crippen molar-refractivity contribution in [2.75, 3.05) is 0 Å². The summed E-state index contributed by atoms with van der Waals surface area (Å²) >= 11 is 3.38. The van der Waals surface area contributed by atoms with E-state index in [1.165, 1.54) is 16.7 Å². The van der Waals surface area contributed by atoms with Gasteiger partial charge in [0.1, 0.15) is 0 Å². The minimum absolute atomic E-state index is 0.555. The summed E-state index contributed by atoms with van der Waals surface area (Å²) in [4.78, 5) is 3.97. The van der Waals surface area contributed by atoms with Crippen molar-refractivity contribution < 1.29 is 0 Å². The largest absolute Gasteiger partial charge is 0.306 e. The Morgan fingerprint density at radius 1 is 0.857 bits per heavy atom. The third kappa shape index (κ3) is 5.57. The van der Waals surface area contributed by atoms with Crippen molar-refractivity contribution in [1.29, 1.82) is 0 Å². The molecule has 0 saturated carbocycles. The van der Waals surface area contributed by atoms with Crippen molar-refractivity contribution in [2.45, 2.75) is 6.32 Å². The van der Waals surface area contributed by atoms with Gasteiger partial charge in [0.05, 0.1) is 14.2 Å². The van der Waals surface area contributed by atoms with Gasteiger partial charge in [-0.15, -0.1) is 0 Å². The number of hydrogen-bond donors (Lipinski definition) is 0. The van der Waals surface area contributed by atoms with Crippen LogP contribution in [0, 0.1) is 0 Å². The molecule has 0 N–H and O–H groups in total. The summed E-state index contributed by atoms with van der Waals surface area (Å²) in [5.74, 6) is 0. The highest BCUT2D eigenvalue weighted by Crippen LogP contribution is 2.23. The first-order valence-electron chi connectivity index (χ1n) is 9.03. The fraction of sp³-hybridized carbons (Fsp3) is 0.0417. The van der Waals surface area contributed by atoms with E-state index in [1.54, 1.807) is 12.5 Å². The van der Waals surface area contributed by atoms with Crippen LogP contribution in [0.5, 0.6) is 0 Å². The van der Waals surface area contributed by atoms with Crippen LogP contribution in [-0.4, -0.2) is 17.4 Å². The summed E-state index contributed by atoms with van der Waals surface area (Å²) in [6.45, 7) is 0. The highest BCUT2D eigenvalue weighted by molar-refractivity contribution is 9.10. The lowest BCUT2D eigenvalue weighted by Crippen LogP contribution is -1.87. The number of rotatable bonds is 4. The second-order valence-corrected chi connectivity index (χ2v) is 6.95. The second kappa shape index (κ2) is 10.5. The van der Waals surface area contributed by atoms with E-state index in [1.807, 2.05) is 71.4 Å². The lowest BCUT2D eigenvalue weighted by Gasteiger charge is -2.07. The normalized spacial score (nSPS) is 9.89. The molecule has 28 heavy (non-hydrogen) atoms. The molecule has 0 saturated heterocycles. The monoisotopic (exact) mass is 426 g/mol. The van der Waals surface area contributed by atoms with Gasteiger partial charge in [-0.1, -0.05) is 89.0 Å². The zero-order valence-corrected chi connectivity index (χ0v) is 17.0. The molecular weight excluding hydrogens is 407 g/mol. The molecule has 0 atom stereocenters. The van der Waals surface area contributed by atoms with E-state index in [0.717, 1.165) is 10.2 Å². The molecule has 4 heteroatoms. The molecule has 136 valence electrons. The lowest BCUT2D eigenvalue weighted by atomic mass is 9.93. The quantitative estimate of drug-likeness (QED) is 0.348. The molecular formula is C24H20BBrN2. The Labute approximate surface area is 176 Å². The first kappa shape index (κ1) is 19.9. The molecule has 0 unspecified atom stereocenters. The molecule has 0 aliphatic carbocycles. The Morgan fingerprint density at radius 2 is 1.43 bits per heavy atom. The summed E-state index contributed by atoms with van der Waals surface area (Å²) in [6, 6.07) is 28.7. The summed E-state index contributed by atoms with van der Waals surface area (Å²) in [5.41, 5.74) is 4.73. The van der Waals surface area contributed by atoms with E-state index in [9.17, 15) is 0 Å². The standard InChI is InChI=1S/C15H13B.C9H7BrN2/c16-12-11-15(13-7-3-1-4-8-13)14-9-5-2-6-10-14;10-8-1-3-9(4-2-8)12-6-5-11-7-12/h1-11H,12H2;1-7H.